The Morgan fingerprint density at radius 3 is 2.26 bits per heavy atom. The summed E-state index contributed by atoms with van der Waals surface area (Å²) in [6, 6.07) is 14.0. The Morgan fingerprint density at radius 2 is 1.69 bits per heavy atom. The number of benzene rings is 2. The summed E-state index contributed by atoms with van der Waals surface area (Å²) in [6.45, 7) is 0.0512. The van der Waals surface area contributed by atoms with Crippen molar-refractivity contribution in [2.24, 2.45) is 5.92 Å². The predicted molar refractivity (Wildman–Crippen MR) is 123 cm³/mol. The van der Waals surface area contributed by atoms with Gasteiger partial charge in [-0.2, -0.15) is 5.10 Å². The Hall–Kier alpha value is -3.75. The average Bonchev–Trinajstić information content (AvgIpc) is 3.52. The minimum atomic E-state index is -2.73. The minimum Gasteiger partial charge on any atom is -0.477 e. The number of carbonyl (C=O) groups is 2. The Kier molecular flexibility index (Phi) is 5.09. The lowest BCUT2D eigenvalue weighted by molar-refractivity contribution is 0.0578. The van der Waals surface area contributed by atoms with E-state index in [2.05, 4.69) is 5.10 Å². The molecule has 1 N–H and O–H groups in total. The molecule has 0 spiro atoms. The molecule has 2 aliphatic carbocycles. The van der Waals surface area contributed by atoms with Gasteiger partial charge in [0, 0.05) is 12.0 Å². The van der Waals surface area contributed by atoms with E-state index in [1.54, 1.807) is 0 Å². The molecule has 3 aromatic rings. The van der Waals surface area contributed by atoms with Crippen molar-refractivity contribution in [3.05, 3.63) is 71.4 Å². The molecule has 2 heterocycles. The maximum absolute atomic E-state index is 13.9. The van der Waals surface area contributed by atoms with Crippen molar-refractivity contribution in [1.82, 2.24) is 9.78 Å². The van der Waals surface area contributed by atoms with Gasteiger partial charge < -0.3 is 9.84 Å². The third-order valence-corrected chi connectivity index (χ3v) is 7.35. The Morgan fingerprint density at radius 1 is 1.06 bits per heavy atom. The molecule has 180 valence electrons. The lowest BCUT2D eigenvalue weighted by Gasteiger charge is -2.39. The fourth-order valence-electron chi connectivity index (χ4n) is 5.58. The highest BCUT2D eigenvalue weighted by Gasteiger charge is 2.49. The van der Waals surface area contributed by atoms with Crippen molar-refractivity contribution in [3.8, 4) is 11.1 Å². The minimum absolute atomic E-state index is 0.000266. The topological polar surface area (TPSA) is 84.7 Å². The highest BCUT2D eigenvalue weighted by molar-refractivity contribution is 5.99. The lowest BCUT2D eigenvalue weighted by Crippen LogP contribution is -2.50. The fourth-order valence-corrected chi connectivity index (χ4v) is 5.58. The first-order valence-electron chi connectivity index (χ1n) is 11.7. The maximum atomic E-state index is 13.9. The van der Waals surface area contributed by atoms with Crippen molar-refractivity contribution in [1.29, 1.82) is 0 Å². The van der Waals surface area contributed by atoms with Crippen LogP contribution < -0.4 is 4.90 Å². The number of carbonyl (C=O) groups excluding carboxylic acids is 1. The molecule has 0 saturated heterocycles. The molecule has 1 amide bonds. The van der Waals surface area contributed by atoms with Gasteiger partial charge in [0.25, 0.3) is 6.43 Å². The van der Waals surface area contributed by atoms with Crippen LogP contribution in [-0.2, 0) is 4.74 Å². The van der Waals surface area contributed by atoms with E-state index in [0.29, 0.717) is 0 Å². The summed E-state index contributed by atoms with van der Waals surface area (Å²) >= 11 is 0. The summed E-state index contributed by atoms with van der Waals surface area (Å²) in [5.74, 6) is -1.59. The highest BCUT2D eigenvalue weighted by atomic mass is 19.3. The van der Waals surface area contributed by atoms with E-state index >= 15 is 0 Å². The fraction of sp³-hybridized carbons (Fsp3) is 0.346. The van der Waals surface area contributed by atoms with Crippen LogP contribution in [0, 0.1) is 5.92 Å². The number of anilines is 1. The van der Waals surface area contributed by atoms with Gasteiger partial charge in [-0.25, -0.2) is 23.1 Å². The lowest BCUT2D eigenvalue weighted by atomic mass is 9.97. The third-order valence-electron chi connectivity index (χ3n) is 7.35. The molecule has 0 bridgehead atoms. The van der Waals surface area contributed by atoms with E-state index in [1.165, 1.54) is 4.90 Å². The van der Waals surface area contributed by atoms with Gasteiger partial charge >= 0.3 is 12.1 Å². The number of fused-ring (bicyclic) bond motifs is 4. The van der Waals surface area contributed by atoms with E-state index in [0.717, 1.165) is 46.0 Å². The van der Waals surface area contributed by atoms with Crippen LogP contribution in [0.15, 0.2) is 54.7 Å². The number of aromatic carboxylic acids is 1. The summed E-state index contributed by atoms with van der Waals surface area (Å²) < 4.78 is 34.6. The van der Waals surface area contributed by atoms with E-state index in [4.69, 9.17) is 4.74 Å². The van der Waals surface area contributed by atoms with Crippen LogP contribution in [0.4, 0.5) is 19.4 Å². The van der Waals surface area contributed by atoms with Gasteiger partial charge in [0.15, 0.2) is 5.82 Å². The molecule has 6 rings (SSSR count). The number of hydrogen-bond donors (Lipinski definition) is 1. The first kappa shape index (κ1) is 21.8. The summed E-state index contributed by atoms with van der Waals surface area (Å²) in [7, 11) is 0. The second-order valence-electron chi connectivity index (χ2n) is 9.35. The van der Waals surface area contributed by atoms with Gasteiger partial charge in [-0.05, 0) is 47.4 Å². The second-order valence-corrected chi connectivity index (χ2v) is 9.35. The number of carboxylic acids is 1. The SMILES string of the molecule is O=C(O)c1cnn2c1N(C(=O)OCC1c3ccccc3-c3ccccc31)[C@@H](C1CC1)C[C@H]2C(F)F. The van der Waals surface area contributed by atoms with E-state index < -0.39 is 30.6 Å². The standard InChI is InChI=1S/C26H23F2N3O4/c27-23(28)22-11-21(14-9-10-14)30(24-19(25(32)33)12-29-31(22)24)26(34)35-13-20-17-7-3-1-5-15(17)16-6-2-4-8-18(16)20/h1-8,12,14,20-23H,9-11,13H2,(H,32,33)/t21-,22+/m1/s1. The molecule has 1 fully saturated rings. The van der Waals surface area contributed by atoms with Gasteiger partial charge in [0.1, 0.15) is 18.2 Å². The Balaban J connectivity index is 1.33. The zero-order valence-corrected chi connectivity index (χ0v) is 18.7. The molecule has 2 atom stereocenters. The number of amides is 1. The van der Waals surface area contributed by atoms with Crippen molar-refractivity contribution in [3.63, 3.8) is 0 Å². The maximum Gasteiger partial charge on any atom is 0.415 e. The van der Waals surface area contributed by atoms with Crippen LogP contribution in [0.5, 0.6) is 0 Å². The molecule has 1 aromatic heterocycles. The van der Waals surface area contributed by atoms with Crippen molar-refractivity contribution >= 4 is 17.9 Å². The molecule has 3 aliphatic rings. The number of hydrogen-bond acceptors (Lipinski definition) is 4. The molecule has 0 radical (unpaired) electrons. The number of rotatable bonds is 5. The number of halogens is 2. The number of aromatic nitrogens is 2. The van der Waals surface area contributed by atoms with Crippen LogP contribution in [0.3, 0.4) is 0 Å². The van der Waals surface area contributed by atoms with Crippen LogP contribution in [-0.4, -0.2) is 46.0 Å². The van der Waals surface area contributed by atoms with E-state index in [9.17, 15) is 23.5 Å². The molecule has 0 unspecified atom stereocenters. The quantitative estimate of drug-likeness (QED) is 0.535. The highest BCUT2D eigenvalue weighted by Crippen LogP contribution is 2.47. The monoisotopic (exact) mass is 479 g/mol. The van der Waals surface area contributed by atoms with Crippen LogP contribution in [0.2, 0.25) is 0 Å². The summed E-state index contributed by atoms with van der Waals surface area (Å²) in [6.07, 6.45) is -0.844. The Labute approximate surface area is 199 Å². The smallest absolute Gasteiger partial charge is 0.415 e. The summed E-state index contributed by atoms with van der Waals surface area (Å²) in [5.41, 5.74) is 3.99. The molecule has 9 heteroatoms. The normalized spacial score (nSPS) is 20.9. The van der Waals surface area contributed by atoms with E-state index in [1.807, 2.05) is 48.5 Å². The number of alkyl halides is 2. The molecule has 7 nitrogen and oxygen atoms in total. The summed E-state index contributed by atoms with van der Waals surface area (Å²) in [4.78, 5) is 26.7. The third kappa shape index (κ3) is 3.48. The molecule has 2 aromatic carbocycles. The zero-order chi connectivity index (χ0) is 24.3. The molecule has 1 saturated carbocycles. The van der Waals surface area contributed by atoms with Gasteiger partial charge in [-0.15, -0.1) is 0 Å². The van der Waals surface area contributed by atoms with Gasteiger partial charge in [0.05, 0.1) is 6.20 Å². The Bertz CT molecular complexity index is 1270. The van der Waals surface area contributed by atoms with Gasteiger partial charge in [-0.1, -0.05) is 48.5 Å². The van der Waals surface area contributed by atoms with Crippen molar-refractivity contribution < 1.29 is 28.2 Å². The number of carboxylic acid groups (broad SMARTS) is 1. The second kappa shape index (κ2) is 8.18. The molecular formula is C26H23F2N3O4. The molecular weight excluding hydrogens is 456 g/mol. The van der Waals surface area contributed by atoms with Crippen LogP contribution in [0.25, 0.3) is 11.1 Å². The van der Waals surface area contributed by atoms with Crippen LogP contribution in [0.1, 0.15) is 52.7 Å². The predicted octanol–water partition coefficient (Wildman–Crippen LogP) is 5.33. The first-order chi connectivity index (χ1) is 17.0. The number of nitrogens with zero attached hydrogens (tertiary/aromatic N) is 3. The van der Waals surface area contributed by atoms with Gasteiger partial charge in [-0.3, -0.25) is 4.90 Å². The zero-order valence-electron chi connectivity index (χ0n) is 18.7. The largest absolute Gasteiger partial charge is 0.477 e. The van der Waals surface area contributed by atoms with Crippen LogP contribution >= 0.6 is 0 Å². The van der Waals surface area contributed by atoms with Crippen molar-refractivity contribution in [2.45, 2.75) is 43.7 Å². The number of ether oxygens (including phenoxy) is 1. The van der Waals surface area contributed by atoms with E-state index in [-0.39, 0.29) is 36.2 Å². The average molecular weight is 479 g/mol. The summed E-state index contributed by atoms with van der Waals surface area (Å²) in [5, 5.41) is 13.6. The molecule has 35 heavy (non-hydrogen) atoms. The van der Waals surface area contributed by atoms with Crippen molar-refractivity contribution in [2.75, 3.05) is 11.5 Å². The molecule has 1 aliphatic heterocycles. The van der Waals surface area contributed by atoms with Gasteiger partial charge in [0.2, 0.25) is 0 Å². The first-order valence-corrected chi connectivity index (χ1v) is 11.7.